The number of aromatic hydroxyl groups is 1. The molecule has 0 heterocycles. The number of amides is 1. The van der Waals surface area contributed by atoms with Crippen LogP contribution in [0.25, 0.3) is 5.76 Å². The molecule has 0 aliphatic heterocycles. The number of aliphatic hydroxyl groups is 3. The van der Waals surface area contributed by atoms with E-state index >= 15 is 0 Å². The van der Waals surface area contributed by atoms with Crippen LogP contribution in [0.2, 0.25) is 0 Å². The minimum absolute atomic E-state index is 0.0612. The minimum atomic E-state index is -2.64. The zero-order valence-electron chi connectivity index (χ0n) is 22.1. The summed E-state index contributed by atoms with van der Waals surface area (Å²) < 4.78 is 0. The van der Waals surface area contributed by atoms with Crippen molar-refractivity contribution in [3.63, 3.8) is 0 Å². The summed E-state index contributed by atoms with van der Waals surface area (Å²) in [6.07, 6.45) is 6.31. The third kappa shape index (κ3) is 3.66. The maximum atomic E-state index is 14.0. The number of aliphatic hydroxyl groups excluding tert-OH is 2. The fraction of sp³-hybridized carbons (Fsp3) is 0.500. The number of phenols is 1. The third-order valence-electron chi connectivity index (χ3n) is 7.80. The first-order valence-electron chi connectivity index (χ1n) is 11.9. The zero-order valence-corrected chi connectivity index (χ0v) is 22.9. The molecule has 1 saturated carbocycles. The molecular weight excluding hydrogens is 498 g/mol. The Balaban J connectivity index is 2.03. The van der Waals surface area contributed by atoms with Crippen molar-refractivity contribution in [3.8, 4) is 5.75 Å². The van der Waals surface area contributed by atoms with E-state index in [0.29, 0.717) is 10.5 Å². The molecule has 3 aliphatic rings. The number of nitrogens with zero attached hydrogens (tertiary/aromatic N) is 2. The summed E-state index contributed by atoms with van der Waals surface area (Å²) in [5, 5.41) is 45.5. The molecule has 0 unspecified atom stereocenters. The molecule has 3 aliphatic carbocycles. The maximum absolute atomic E-state index is 14.0. The number of Topliss-reactive ketones (excluding diaryl/α,β-unsaturated/α-hetero) is 2. The molecule has 37 heavy (non-hydrogen) atoms. The van der Waals surface area contributed by atoms with Crippen LogP contribution in [0, 0.1) is 11.8 Å². The van der Waals surface area contributed by atoms with Crippen LogP contribution >= 0.6 is 10.0 Å². The van der Waals surface area contributed by atoms with Gasteiger partial charge in [-0.2, -0.15) is 0 Å². The largest absolute Gasteiger partial charge is 0.508 e. The highest BCUT2D eigenvalue weighted by Gasteiger charge is 2.64. The van der Waals surface area contributed by atoms with Crippen LogP contribution < -0.4 is 10.6 Å². The first-order chi connectivity index (χ1) is 17.0. The van der Waals surface area contributed by atoms with E-state index in [1.54, 1.807) is 14.1 Å². The molecular formula is C26H35N3O7S. The number of carbonyl (C=O) groups is 3. The van der Waals surface area contributed by atoms with Gasteiger partial charge >= 0.3 is 0 Å². The monoisotopic (exact) mass is 533 g/mol. The fourth-order valence-corrected chi connectivity index (χ4v) is 7.28. The predicted octanol–water partition coefficient (Wildman–Crippen LogP) is 1.08. The number of fused-ring (bicyclic) bond motifs is 3. The van der Waals surface area contributed by atoms with Gasteiger partial charge in [-0.05, 0) is 63.3 Å². The molecule has 0 spiro atoms. The first kappa shape index (κ1) is 27.0. The van der Waals surface area contributed by atoms with Gasteiger partial charge < -0.3 is 31.1 Å². The van der Waals surface area contributed by atoms with Gasteiger partial charge in [-0.15, -0.1) is 0 Å². The van der Waals surface area contributed by atoms with Gasteiger partial charge in [0, 0.05) is 36.2 Å². The van der Waals surface area contributed by atoms with Crippen LogP contribution in [0.15, 0.2) is 27.9 Å². The number of hydrogen-bond donors (Lipinski definition) is 5. The molecule has 4 atom stereocenters. The first-order valence-corrected chi connectivity index (χ1v) is 14.7. The van der Waals surface area contributed by atoms with Gasteiger partial charge in [0.05, 0.1) is 11.6 Å². The SMILES string of the molecule is CN(C)c1cc(S(C)(C)C)c(O)c2c1C[C@H]1C[C@H]3[C@H](N(C)C)C(=O)C(C(N)=O)=C(O)[C@@]3(O)C(=O)C1=C2O. The molecule has 0 saturated heterocycles. The van der Waals surface area contributed by atoms with Crippen molar-refractivity contribution in [2.45, 2.75) is 29.4 Å². The molecule has 0 bridgehead atoms. The van der Waals surface area contributed by atoms with E-state index in [9.17, 15) is 34.8 Å². The summed E-state index contributed by atoms with van der Waals surface area (Å²) in [4.78, 5) is 43.3. The van der Waals surface area contributed by atoms with Crippen molar-refractivity contribution in [1.82, 2.24) is 4.90 Å². The molecule has 1 fully saturated rings. The van der Waals surface area contributed by atoms with E-state index in [1.165, 1.54) is 4.90 Å². The fourth-order valence-electron chi connectivity index (χ4n) is 6.13. The van der Waals surface area contributed by atoms with Crippen LogP contribution in [0.1, 0.15) is 17.5 Å². The topological polar surface area (TPSA) is 165 Å². The van der Waals surface area contributed by atoms with Crippen molar-refractivity contribution in [2.24, 2.45) is 17.6 Å². The summed E-state index contributed by atoms with van der Waals surface area (Å²) in [7, 11) is 5.40. The van der Waals surface area contributed by atoms with Gasteiger partial charge in [-0.3, -0.25) is 19.3 Å². The van der Waals surface area contributed by atoms with Crippen LogP contribution in [0.4, 0.5) is 5.69 Å². The Hall–Kier alpha value is -3.02. The van der Waals surface area contributed by atoms with E-state index in [1.807, 2.05) is 43.8 Å². The smallest absolute Gasteiger partial charge is 0.255 e. The van der Waals surface area contributed by atoms with Gasteiger partial charge in [0.2, 0.25) is 5.78 Å². The number of phenolic OH excluding ortho intramolecular Hbond substituents is 1. The second-order valence-corrected chi connectivity index (χ2v) is 15.4. The molecule has 202 valence electrons. The second kappa shape index (κ2) is 8.50. The molecule has 0 aromatic heterocycles. The number of rotatable bonds is 4. The summed E-state index contributed by atoms with van der Waals surface area (Å²) in [6, 6.07) is 0.800. The van der Waals surface area contributed by atoms with Crippen molar-refractivity contribution in [1.29, 1.82) is 0 Å². The summed E-state index contributed by atoms with van der Waals surface area (Å²) in [6.45, 7) is 0. The number of hydrogen-bond acceptors (Lipinski definition) is 9. The Bertz CT molecular complexity index is 1310. The predicted molar refractivity (Wildman–Crippen MR) is 142 cm³/mol. The van der Waals surface area contributed by atoms with Crippen LogP contribution in [0.5, 0.6) is 5.75 Å². The average Bonchev–Trinajstić information content (AvgIpc) is 2.74. The van der Waals surface area contributed by atoms with Crippen molar-refractivity contribution in [3.05, 3.63) is 34.1 Å². The van der Waals surface area contributed by atoms with E-state index in [0.717, 1.165) is 5.69 Å². The standard InChI is InChI=1S/C26H35N3O7S/c1-28(2)14-10-15(37(5,6)7)20(30)17-12(14)8-11-9-13-19(29(3)4)22(32)18(25(27)35)24(34)26(13,36)23(33)16(11)21(17)31/h10-11,13,19,30-31,34,36H,8-9H2,1-7H3,(H2,27,35)/t11-,13-,19-,26-/m0/s1. The average molecular weight is 534 g/mol. The van der Waals surface area contributed by atoms with E-state index in [2.05, 4.69) is 0 Å². The molecule has 11 heteroatoms. The molecule has 1 amide bonds. The molecule has 4 rings (SSSR count). The Labute approximate surface area is 217 Å². The third-order valence-corrected chi connectivity index (χ3v) is 9.43. The number of primary amides is 1. The summed E-state index contributed by atoms with van der Waals surface area (Å²) in [5.41, 5.74) is 3.32. The Morgan fingerprint density at radius 1 is 1.11 bits per heavy atom. The van der Waals surface area contributed by atoms with Gasteiger partial charge in [-0.25, -0.2) is 10.0 Å². The molecule has 10 nitrogen and oxygen atoms in total. The lowest BCUT2D eigenvalue weighted by molar-refractivity contribution is -0.153. The quantitative estimate of drug-likeness (QED) is 0.356. The lowest BCUT2D eigenvalue weighted by Gasteiger charge is -2.50. The van der Waals surface area contributed by atoms with Crippen molar-refractivity contribution >= 4 is 38.9 Å². The minimum Gasteiger partial charge on any atom is -0.508 e. The van der Waals surface area contributed by atoms with Gasteiger partial charge in [0.1, 0.15) is 22.8 Å². The number of carbonyl (C=O) groups excluding carboxylic acids is 3. The lowest BCUT2D eigenvalue weighted by Crippen LogP contribution is -2.65. The van der Waals surface area contributed by atoms with E-state index < -0.39 is 68.1 Å². The number of benzene rings is 1. The number of likely N-dealkylation sites (N-methyl/N-ethyl adjacent to an activating group) is 1. The molecule has 6 N–H and O–H groups in total. The normalized spacial score (nSPS) is 28.2. The lowest BCUT2D eigenvalue weighted by atomic mass is 9.57. The van der Waals surface area contributed by atoms with Crippen molar-refractivity contribution < 1.29 is 34.8 Å². The van der Waals surface area contributed by atoms with E-state index in [-0.39, 0.29) is 29.7 Å². The molecule has 0 radical (unpaired) electrons. The Morgan fingerprint density at radius 3 is 2.19 bits per heavy atom. The highest BCUT2D eigenvalue weighted by molar-refractivity contribution is 8.32. The molecule has 1 aromatic rings. The van der Waals surface area contributed by atoms with Gasteiger partial charge in [-0.1, -0.05) is 0 Å². The Kier molecular flexibility index (Phi) is 6.21. The second-order valence-electron chi connectivity index (χ2n) is 11.3. The summed E-state index contributed by atoms with van der Waals surface area (Å²) in [5.74, 6) is -6.42. The number of ketones is 2. The van der Waals surface area contributed by atoms with Crippen LogP contribution in [-0.2, 0) is 20.8 Å². The van der Waals surface area contributed by atoms with Crippen LogP contribution in [0.3, 0.4) is 0 Å². The van der Waals surface area contributed by atoms with E-state index in [4.69, 9.17) is 5.73 Å². The number of nitrogens with two attached hydrogens (primary N) is 1. The highest BCUT2D eigenvalue weighted by Crippen LogP contribution is 2.58. The van der Waals surface area contributed by atoms with Crippen LogP contribution in [-0.4, -0.2) is 101 Å². The maximum Gasteiger partial charge on any atom is 0.255 e. The summed E-state index contributed by atoms with van der Waals surface area (Å²) >= 11 is 0. The van der Waals surface area contributed by atoms with Gasteiger partial charge in [0.15, 0.2) is 11.4 Å². The zero-order chi connectivity index (χ0) is 27.9. The Morgan fingerprint density at radius 2 is 1.70 bits per heavy atom. The van der Waals surface area contributed by atoms with Gasteiger partial charge in [0.25, 0.3) is 5.91 Å². The number of anilines is 1. The molecule has 1 aromatic carbocycles. The van der Waals surface area contributed by atoms with Crippen molar-refractivity contribution in [2.75, 3.05) is 51.9 Å². The highest BCUT2D eigenvalue weighted by atomic mass is 32.3.